The fraction of sp³-hybridized carbons (Fsp3) is 0.286. The fourth-order valence-corrected chi connectivity index (χ4v) is 3.01. The van der Waals surface area contributed by atoms with Crippen LogP contribution in [0.2, 0.25) is 0 Å². The smallest absolute Gasteiger partial charge is 0.389 e. The number of hydrogen-bond acceptors (Lipinski definition) is 4. The standard InChI is InChI=1S/C21H20F3NO6/c22-20(23,24)10-4-7-14-11-15(17(26)27)8-9-16(14)21(31,19(29)30)18(28)25-12-13-5-2-1-3-6-13/h1-3,5-6,8-9,11,31H,4,7,10,12H2,(H,25,28)(H,26,27)(H,29,30). The van der Waals surface area contributed by atoms with E-state index in [-0.39, 0.29) is 17.7 Å². The van der Waals surface area contributed by atoms with Gasteiger partial charge in [0.1, 0.15) is 0 Å². The topological polar surface area (TPSA) is 124 Å². The van der Waals surface area contributed by atoms with Gasteiger partial charge in [-0.3, -0.25) is 4.79 Å². The Kier molecular flexibility index (Phi) is 7.40. The van der Waals surface area contributed by atoms with Crippen LogP contribution in [0.3, 0.4) is 0 Å². The van der Waals surface area contributed by atoms with Gasteiger partial charge in [0.05, 0.1) is 5.56 Å². The first-order valence-electron chi connectivity index (χ1n) is 9.16. The normalized spacial score (nSPS) is 13.3. The van der Waals surface area contributed by atoms with E-state index in [4.69, 9.17) is 5.11 Å². The predicted octanol–water partition coefficient (Wildman–Crippen LogP) is 2.86. The molecule has 2 aromatic carbocycles. The van der Waals surface area contributed by atoms with Crippen LogP contribution in [0.4, 0.5) is 13.2 Å². The number of aryl methyl sites for hydroxylation is 1. The monoisotopic (exact) mass is 439 g/mol. The molecule has 0 spiro atoms. The first-order valence-corrected chi connectivity index (χ1v) is 9.16. The van der Waals surface area contributed by atoms with Crippen molar-refractivity contribution >= 4 is 17.8 Å². The molecule has 0 saturated heterocycles. The average molecular weight is 439 g/mol. The summed E-state index contributed by atoms with van der Waals surface area (Å²) in [5, 5.41) is 31.8. The zero-order valence-electron chi connectivity index (χ0n) is 16.1. The quantitative estimate of drug-likeness (QED) is 0.446. The number of carboxylic acid groups (broad SMARTS) is 2. The van der Waals surface area contributed by atoms with Crippen LogP contribution in [-0.2, 0) is 28.2 Å². The van der Waals surface area contributed by atoms with Gasteiger partial charge >= 0.3 is 18.1 Å². The minimum absolute atomic E-state index is 0.105. The molecule has 1 atom stereocenters. The van der Waals surface area contributed by atoms with Crippen LogP contribution in [0.5, 0.6) is 0 Å². The van der Waals surface area contributed by atoms with Crippen LogP contribution in [-0.4, -0.2) is 39.3 Å². The molecule has 0 heterocycles. The third kappa shape index (κ3) is 6.05. The molecule has 4 N–H and O–H groups in total. The highest BCUT2D eigenvalue weighted by molar-refractivity contribution is 6.06. The molecule has 0 aliphatic rings. The number of aromatic carboxylic acids is 1. The van der Waals surface area contributed by atoms with Gasteiger partial charge in [-0.05, 0) is 36.1 Å². The molecule has 0 aliphatic heterocycles. The third-order valence-electron chi connectivity index (χ3n) is 4.58. The molecule has 2 aromatic rings. The minimum atomic E-state index is -4.47. The summed E-state index contributed by atoms with van der Waals surface area (Å²) in [6, 6.07) is 11.3. The summed E-state index contributed by atoms with van der Waals surface area (Å²) in [6.07, 6.45) is -6.55. The van der Waals surface area contributed by atoms with Crippen LogP contribution in [0.15, 0.2) is 48.5 Å². The molecular weight excluding hydrogens is 419 g/mol. The van der Waals surface area contributed by atoms with E-state index in [0.717, 1.165) is 18.2 Å². The van der Waals surface area contributed by atoms with Crippen LogP contribution in [0, 0.1) is 0 Å². The van der Waals surface area contributed by atoms with Crippen LogP contribution >= 0.6 is 0 Å². The second kappa shape index (κ2) is 9.61. The summed E-state index contributed by atoms with van der Waals surface area (Å²) in [4.78, 5) is 35.8. The maximum atomic E-state index is 12.6. The Balaban J connectivity index is 2.39. The molecule has 0 bridgehead atoms. The van der Waals surface area contributed by atoms with Crippen molar-refractivity contribution in [2.75, 3.05) is 0 Å². The van der Waals surface area contributed by atoms with Crippen molar-refractivity contribution in [2.24, 2.45) is 0 Å². The molecule has 0 aliphatic carbocycles. The van der Waals surface area contributed by atoms with E-state index in [1.54, 1.807) is 30.3 Å². The van der Waals surface area contributed by atoms with Crippen LogP contribution < -0.4 is 5.32 Å². The summed E-state index contributed by atoms with van der Waals surface area (Å²) < 4.78 is 37.6. The lowest BCUT2D eigenvalue weighted by Crippen LogP contribution is -2.50. The van der Waals surface area contributed by atoms with E-state index in [0.29, 0.717) is 5.56 Å². The van der Waals surface area contributed by atoms with Crippen molar-refractivity contribution in [3.63, 3.8) is 0 Å². The second-order valence-corrected chi connectivity index (χ2v) is 6.83. The molecule has 0 radical (unpaired) electrons. The molecule has 10 heteroatoms. The van der Waals surface area contributed by atoms with Gasteiger partial charge in [-0.1, -0.05) is 36.4 Å². The van der Waals surface area contributed by atoms with Crippen molar-refractivity contribution in [3.8, 4) is 0 Å². The Bertz CT molecular complexity index is 961. The van der Waals surface area contributed by atoms with Gasteiger partial charge in [0, 0.05) is 18.5 Å². The minimum Gasteiger partial charge on any atom is -0.478 e. The Hall–Kier alpha value is -3.40. The number of carbonyl (C=O) groups is 3. The van der Waals surface area contributed by atoms with Gasteiger partial charge in [-0.15, -0.1) is 0 Å². The number of amides is 1. The summed E-state index contributed by atoms with van der Waals surface area (Å²) in [7, 11) is 0. The zero-order valence-corrected chi connectivity index (χ0v) is 16.1. The maximum absolute atomic E-state index is 12.6. The van der Waals surface area contributed by atoms with Gasteiger partial charge in [0.2, 0.25) is 0 Å². The number of carbonyl (C=O) groups excluding carboxylic acids is 1. The van der Waals surface area contributed by atoms with Crippen LogP contribution in [0.1, 0.15) is 39.9 Å². The number of carboxylic acids is 2. The predicted molar refractivity (Wildman–Crippen MR) is 102 cm³/mol. The second-order valence-electron chi connectivity index (χ2n) is 6.83. The number of rotatable bonds is 9. The number of aliphatic hydroxyl groups is 1. The molecule has 1 unspecified atom stereocenters. The maximum Gasteiger partial charge on any atom is 0.389 e. The number of nitrogens with one attached hydrogen (secondary N) is 1. The van der Waals surface area contributed by atoms with Gasteiger partial charge in [0.25, 0.3) is 11.5 Å². The first-order chi connectivity index (χ1) is 14.4. The van der Waals surface area contributed by atoms with Crippen molar-refractivity contribution in [1.82, 2.24) is 5.32 Å². The molecule has 0 fully saturated rings. The molecule has 7 nitrogen and oxygen atoms in total. The molecule has 2 rings (SSSR count). The van der Waals surface area contributed by atoms with Crippen molar-refractivity contribution in [1.29, 1.82) is 0 Å². The molecule has 31 heavy (non-hydrogen) atoms. The molecular formula is C21H20F3NO6. The summed E-state index contributed by atoms with van der Waals surface area (Å²) in [6.45, 7) is -0.105. The van der Waals surface area contributed by atoms with Gasteiger partial charge in [0.15, 0.2) is 0 Å². The van der Waals surface area contributed by atoms with E-state index >= 15 is 0 Å². The Morgan fingerprint density at radius 1 is 0.968 bits per heavy atom. The molecule has 166 valence electrons. The lowest BCUT2D eigenvalue weighted by molar-refractivity contribution is -0.167. The Morgan fingerprint density at radius 3 is 2.16 bits per heavy atom. The molecule has 0 aromatic heterocycles. The number of aliphatic carboxylic acids is 1. The summed E-state index contributed by atoms with van der Waals surface area (Å²) in [5.41, 5.74) is -3.49. The highest BCUT2D eigenvalue weighted by Crippen LogP contribution is 2.30. The molecule has 0 saturated carbocycles. The largest absolute Gasteiger partial charge is 0.478 e. The van der Waals surface area contributed by atoms with Crippen LogP contribution in [0.25, 0.3) is 0 Å². The lowest BCUT2D eigenvalue weighted by Gasteiger charge is -2.26. The summed E-state index contributed by atoms with van der Waals surface area (Å²) >= 11 is 0. The number of hydrogen-bond donors (Lipinski definition) is 4. The Morgan fingerprint density at radius 2 is 1.61 bits per heavy atom. The third-order valence-corrected chi connectivity index (χ3v) is 4.58. The highest BCUT2D eigenvalue weighted by atomic mass is 19.4. The van der Waals surface area contributed by atoms with Crippen molar-refractivity contribution in [2.45, 2.75) is 37.6 Å². The first kappa shape index (κ1) is 23.9. The van der Waals surface area contributed by atoms with Gasteiger partial charge < -0.3 is 20.6 Å². The Labute approximate surface area is 175 Å². The van der Waals surface area contributed by atoms with Gasteiger partial charge in [-0.2, -0.15) is 13.2 Å². The summed E-state index contributed by atoms with van der Waals surface area (Å²) in [5.74, 6) is -4.64. The molecule has 1 amide bonds. The van der Waals surface area contributed by atoms with E-state index in [2.05, 4.69) is 5.32 Å². The SMILES string of the molecule is O=C(O)c1ccc(C(O)(C(=O)O)C(=O)NCc2ccccc2)c(CCCC(F)(F)F)c1. The average Bonchev–Trinajstić information content (AvgIpc) is 2.71. The highest BCUT2D eigenvalue weighted by Gasteiger charge is 2.47. The van der Waals surface area contributed by atoms with Gasteiger partial charge in [-0.25, -0.2) is 9.59 Å². The zero-order chi connectivity index (χ0) is 23.2. The van der Waals surface area contributed by atoms with Crippen molar-refractivity contribution in [3.05, 3.63) is 70.8 Å². The van der Waals surface area contributed by atoms with E-state index < -0.39 is 54.4 Å². The number of benzene rings is 2. The van der Waals surface area contributed by atoms with Crippen molar-refractivity contribution < 1.29 is 42.9 Å². The van der Waals surface area contributed by atoms with E-state index in [1.807, 2.05) is 0 Å². The van der Waals surface area contributed by atoms with E-state index in [1.165, 1.54) is 0 Å². The lowest BCUT2D eigenvalue weighted by atomic mass is 9.85. The van der Waals surface area contributed by atoms with E-state index in [9.17, 15) is 37.8 Å². The fourth-order valence-electron chi connectivity index (χ4n) is 3.01. The number of alkyl halides is 3. The number of halogens is 3.